The summed E-state index contributed by atoms with van der Waals surface area (Å²) in [5, 5.41) is 22.7. The number of benzene rings is 2. The highest BCUT2D eigenvalue weighted by Gasteiger charge is 2.21. The second-order valence-electron chi connectivity index (χ2n) is 20.0. The molecule has 0 radical (unpaired) electrons. The summed E-state index contributed by atoms with van der Waals surface area (Å²) in [5.41, 5.74) is 15.6. The highest BCUT2D eigenvalue weighted by atomic mass is 16.3. The van der Waals surface area contributed by atoms with Gasteiger partial charge in [0.25, 0.3) is 0 Å². The number of hydrogen-bond acceptors (Lipinski definition) is 6. The second kappa shape index (κ2) is 43.9. The van der Waals surface area contributed by atoms with Crippen LogP contribution in [0.15, 0.2) is 85.0 Å². The van der Waals surface area contributed by atoms with Crippen molar-refractivity contribution in [1.29, 1.82) is 0 Å². The van der Waals surface area contributed by atoms with Crippen LogP contribution < -0.4 is 11.5 Å². The van der Waals surface area contributed by atoms with Crippen LogP contribution in [0.3, 0.4) is 0 Å². The van der Waals surface area contributed by atoms with Crippen LogP contribution in [-0.2, 0) is 12.8 Å². The molecule has 0 saturated heterocycles. The van der Waals surface area contributed by atoms with E-state index in [0.29, 0.717) is 25.9 Å². The lowest BCUT2D eigenvalue weighted by Gasteiger charge is -2.30. The van der Waals surface area contributed by atoms with Crippen molar-refractivity contribution in [1.82, 2.24) is 9.80 Å². The normalized spacial score (nSPS) is 14.0. The number of aliphatic hydroxyl groups excluding tert-OH is 2. The minimum Gasteiger partial charge on any atom is -0.390 e. The number of nitrogens with zero attached hydrogens (tertiary/aromatic N) is 2. The fraction of sp³-hybridized carbons (Fsp3) is 0.733. The van der Waals surface area contributed by atoms with Crippen LogP contribution in [0.2, 0.25) is 0 Å². The number of aliphatic hydroxyl groups is 2. The molecule has 0 bridgehead atoms. The first-order valence-corrected chi connectivity index (χ1v) is 28.1. The highest BCUT2D eigenvalue weighted by molar-refractivity contribution is 5.17. The molecule has 6 heteroatoms. The third-order valence-electron chi connectivity index (χ3n) is 13.7. The molecule has 0 heterocycles. The van der Waals surface area contributed by atoms with Gasteiger partial charge in [-0.3, -0.25) is 0 Å². The van der Waals surface area contributed by atoms with E-state index in [0.717, 1.165) is 51.9 Å². The Balaban J connectivity index is 1.81. The maximum absolute atomic E-state index is 11.3. The summed E-state index contributed by atoms with van der Waals surface area (Å²) in [7, 11) is 0. The van der Waals surface area contributed by atoms with Crippen molar-refractivity contribution in [2.45, 2.75) is 244 Å². The zero-order valence-electron chi connectivity index (χ0n) is 43.2. The Bertz CT molecular complexity index is 1250. The van der Waals surface area contributed by atoms with Crippen LogP contribution in [0, 0.1) is 0 Å². The van der Waals surface area contributed by atoms with Crippen molar-refractivity contribution >= 4 is 0 Å². The average molecular weight is 916 g/mol. The van der Waals surface area contributed by atoms with Crippen molar-refractivity contribution in [3.63, 3.8) is 0 Å². The SMILES string of the molecule is CCCCCCCC/C=C\CCCCCCCCN(CCCCN(CCCCCCCC/C=C\CCCCCCCC)CC(O)C(N)Cc1ccccc1)CC(O)C(N)Cc1ccccc1. The van der Waals surface area contributed by atoms with Gasteiger partial charge in [0.15, 0.2) is 0 Å². The van der Waals surface area contributed by atoms with Gasteiger partial charge in [-0.05, 0) is 127 Å². The molecule has 0 spiro atoms. The van der Waals surface area contributed by atoms with Gasteiger partial charge in [0.2, 0.25) is 0 Å². The summed E-state index contributed by atoms with van der Waals surface area (Å²) >= 11 is 0. The molecule has 0 aromatic heterocycles. The minimum absolute atomic E-state index is 0.289. The lowest BCUT2D eigenvalue weighted by Crippen LogP contribution is -2.46. The minimum atomic E-state index is -0.566. The Morgan fingerprint density at radius 3 is 0.939 bits per heavy atom. The number of nitrogens with two attached hydrogens (primary N) is 2. The summed E-state index contributed by atoms with van der Waals surface area (Å²) in [5.74, 6) is 0. The molecule has 0 saturated carbocycles. The first-order valence-electron chi connectivity index (χ1n) is 28.1. The van der Waals surface area contributed by atoms with Crippen LogP contribution in [-0.4, -0.2) is 83.6 Å². The summed E-state index contributed by atoms with van der Waals surface area (Å²) < 4.78 is 0. The van der Waals surface area contributed by atoms with Gasteiger partial charge in [0.1, 0.15) is 0 Å². The maximum atomic E-state index is 11.3. The predicted molar refractivity (Wildman–Crippen MR) is 289 cm³/mol. The third kappa shape index (κ3) is 34.9. The quantitative estimate of drug-likeness (QED) is 0.0390. The summed E-state index contributed by atoms with van der Waals surface area (Å²) in [6.45, 7) is 9.72. The molecule has 2 rings (SSSR count). The van der Waals surface area contributed by atoms with E-state index < -0.39 is 12.2 Å². The van der Waals surface area contributed by atoms with Gasteiger partial charge in [-0.25, -0.2) is 0 Å². The molecule has 378 valence electrons. The largest absolute Gasteiger partial charge is 0.390 e. The van der Waals surface area contributed by atoms with Gasteiger partial charge in [-0.1, -0.05) is 214 Å². The monoisotopic (exact) mass is 915 g/mol. The van der Waals surface area contributed by atoms with Gasteiger partial charge < -0.3 is 31.5 Å². The smallest absolute Gasteiger partial charge is 0.0820 e. The number of hydrogen-bond donors (Lipinski definition) is 4. The van der Waals surface area contributed by atoms with Crippen molar-refractivity contribution in [2.24, 2.45) is 11.5 Å². The lowest BCUT2D eigenvalue weighted by atomic mass is 10.0. The Labute approximate surface area is 408 Å². The summed E-state index contributed by atoms with van der Waals surface area (Å²) in [4.78, 5) is 4.95. The summed E-state index contributed by atoms with van der Waals surface area (Å²) in [6.07, 6.45) is 48.7. The number of allylic oxidation sites excluding steroid dienone is 4. The molecule has 0 fully saturated rings. The number of unbranched alkanes of at least 4 members (excludes halogenated alkanes) is 25. The molecule has 0 aliphatic rings. The Morgan fingerprint density at radius 2 is 0.636 bits per heavy atom. The van der Waals surface area contributed by atoms with E-state index in [2.05, 4.69) is 72.2 Å². The van der Waals surface area contributed by atoms with E-state index in [-0.39, 0.29) is 12.1 Å². The molecule has 6 N–H and O–H groups in total. The first kappa shape index (κ1) is 59.8. The first-order chi connectivity index (χ1) is 32.4. The molecule has 0 aliphatic carbocycles. The van der Waals surface area contributed by atoms with E-state index in [1.165, 1.54) is 178 Å². The molecule has 66 heavy (non-hydrogen) atoms. The van der Waals surface area contributed by atoms with Crippen molar-refractivity contribution < 1.29 is 10.2 Å². The number of rotatable bonds is 47. The van der Waals surface area contributed by atoms with Crippen LogP contribution in [0.1, 0.15) is 218 Å². The van der Waals surface area contributed by atoms with E-state index in [4.69, 9.17) is 11.5 Å². The zero-order valence-corrected chi connectivity index (χ0v) is 43.2. The van der Waals surface area contributed by atoms with Crippen LogP contribution in [0.25, 0.3) is 0 Å². The highest BCUT2D eigenvalue weighted by Crippen LogP contribution is 2.15. The van der Waals surface area contributed by atoms with Gasteiger partial charge in [-0.15, -0.1) is 0 Å². The van der Waals surface area contributed by atoms with Crippen molar-refractivity contribution in [3.8, 4) is 0 Å². The van der Waals surface area contributed by atoms with E-state index in [1.807, 2.05) is 36.4 Å². The molecule has 0 amide bonds. The Hall–Kier alpha value is -2.32. The van der Waals surface area contributed by atoms with Gasteiger partial charge in [-0.2, -0.15) is 0 Å². The van der Waals surface area contributed by atoms with Gasteiger partial charge in [0, 0.05) is 25.2 Å². The van der Waals surface area contributed by atoms with E-state index >= 15 is 0 Å². The van der Waals surface area contributed by atoms with E-state index in [9.17, 15) is 10.2 Å². The molecule has 2 aromatic carbocycles. The molecule has 6 nitrogen and oxygen atoms in total. The Morgan fingerprint density at radius 1 is 0.379 bits per heavy atom. The molecule has 4 unspecified atom stereocenters. The summed E-state index contributed by atoms with van der Waals surface area (Å²) in [6, 6.07) is 20.1. The van der Waals surface area contributed by atoms with Crippen molar-refractivity contribution in [2.75, 3.05) is 39.3 Å². The van der Waals surface area contributed by atoms with E-state index in [1.54, 1.807) is 0 Å². The Kier molecular flexibility index (Phi) is 39.8. The van der Waals surface area contributed by atoms with Crippen LogP contribution >= 0.6 is 0 Å². The fourth-order valence-corrected chi connectivity index (χ4v) is 9.27. The molecular weight excluding hydrogens is 809 g/mol. The lowest BCUT2D eigenvalue weighted by molar-refractivity contribution is 0.0823. The third-order valence-corrected chi connectivity index (χ3v) is 13.7. The van der Waals surface area contributed by atoms with Crippen molar-refractivity contribution in [3.05, 3.63) is 96.1 Å². The molecular formula is C60H106N4O2. The van der Waals surface area contributed by atoms with Crippen LogP contribution in [0.4, 0.5) is 0 Å². The molecule has 0 aliphatic heterocycles. The van der Waals surface area contributed by atoms with Crippen LogP contribution in [0.5, 0.6) is 0 Å². The average Bonchev–Trinajstić information content (AvgIpc) is 3.32. The fourth-order valence-electron chi connectivity index (χ4n) is 9.27. The standard InChI is InChI=1S/C60H106N4O2/c1-3-5-7-9-11-13-15-17-19-21-23-25-27-29-31-39-47-63(53-59(65)57(61)51-55-43-35-33-36-44-55)49-41-42-50-64(54-60(66)58(62)52-56-45-37-34-38-46-56)48-40-32-30-28-26-24-22-20-18-16-14-12-10-8-6-4-2/h17-20,33-38,43-46,57-60,65-66H,3-16,21-32,39-42,47-54,61-62H2,1-2H3/b19-17-,20-18-. The van der Waals surface area contributed by atoms with Gasteiger partial charge >= 0.3 is 0 Å². The second-order valence-corrected chi connectivity index (χ2v) is 20.0. The molecule has 4 atom stereocenters. The predicted octanol–water partition coefficient (Wildman–Crippen LogP) is 14.3. The zero-order chi connectivity index (χ0) is 47.4. The van der Waals surface area contributed by atoms with Gasteiger partial charge in [0.05, 0.1) is 12.2 Å². The molecule has 2 aromatic rings. The topological polar surface area (TPSA) is 99.0 Å². The maximum Gasteiger partial charge on any atom is 0.0820 e.